The molecule has 0 atom stereocenters. The lowest BCUT2D eigenvalue weighted by atomic mass is 10.3. The van der Waals surface area contributed by atoms with E-state index in [1.807, 2.05) is 37.3 Å². The summed E-state index contributed by atoms with van der Waals surface area (Å²) in [6, 6.07) is 9.61. The first-order chi connectivity index (χ1) is 12.4. The van der Waals surface area contributed by atoms with Crippen molar-refractivity contribution in [1.82, 2.24) is 19.7 Å². The summed E-state index contributed by atoms with van der Waals surface area (Å²) in [7, 11) is -3.18. The van der Waals surface area contributed by atoms with E-state index in [-0.39, 0.29) is 0 Å². The molecule has 26 heavy (non-hydrogen) atoms. The van der Waals surface area contributed by atoms with Gasteiger partial charge in [0.15, 0.2) is 0 Å². The van der Waals surface area contributed by atoms with Crippen molar-refractivity contribution in [3.05, 3.63) is 53.3 Å². The van der Waals surface area contributed by atoms with Crippen LogP contribution in [-0.2, 0) is 16.4 Å². The molecule has 0 saturated carbocycles. The van der Waals surface area contributed by atoms with Gasteiger partial charge >= 0.3 is 0 Å². The number of hydrogen-bond acceptors (Lipinski definition) is 7. The van der Waals surface area contributed by atoms with Crippen molar-refractivity contribution < 1.29 is 8.42 Å². The lowest BCUT2D eigenvalue weighted by Crippen LogP contribution is -2.24. The average molecular weight is 390 g/mol. The Morgan fingerprint density at radius 3 is 2.77 bits per heavy atom. The van der Waals surface area contributed by atoms with Gasteiger partial charge in [-0.2, -0.15) is 0 Å². The van der Waals surface area contributed by atoms with Crippen LogP contribution in [0.3, 0.4) is 0 Å². The highest BCUT2D eigenvalue weighted by molar-refractivity contribution is 7.88. The van der Waals surface area contributed by atoms with Crippen LogP contribution in [0.4, 0.5) is 11.6 Å². The molecule has 0 aliphatic heterocycles. The molecule has 0 aliphatic carbocycles. The number of hydrogen-bond donors (Lipinski definition) is 2. The largest absolute Gasteiger partial charge is 0.325 e. The first-order valence-electron chi connectivity index (χ1n) is 7.95. The van der Waals surface area contributed by atoms with Crippen molar-refractivity contribution in [2.45, 2.75) is 13.3 Å². The second-order valence-electron chi connectivity index (χ2n) is 5.79. The summed E-state index contributed by atoms with van der Waals surface area (Å²) in [5.41, 5.74) is 1.93. The van der Waals surface area contributed by atoms with Gasteiger partial charge in [-0.25, -0.2) is 28.1 Å². The molecule has 3 aromatic rings. The van der Waals surface area contributed by atoms with Crippen molar-refractivity contribution in [3.63, 3.8) is 0 Å². The highest BCUT2D eigenvalue weighted by Crippen LogP contribution is 2.26. The van der Waals surface area contributed by atoms with Crippen LogP contribution in [0.2, 0.25) is 0 Å². The molecular formula is C17H19N5O2S2. The van der Waals surface area contributed by atoms with Gasteiger partial charge in [0.05, 0.1) is 21.8 Å². The number of aromatic nitrogens is 3. The number of anilines is 2. The topological polar surface area (TPSA) is 96.9 Å². The van der Waals surface area contributed by atoms with Crippen molar-refractivity contribution in [2.24, 2.45) is 0 Å². The molecule has 9 heteroatoms. The van der Waals surface area contributed by atoms with Gasteiger partial charge in [0, 0.05) is 25.4 Å². The SMILES string of the molecule is Cc1ccnc(Nc2cccc(-c3cnc(CCNS(C)(=O)=O)s3)n2)c1. The van der Waals surface area contributed by atoms with Gasteiger partial charge < -0.3 is 5.32 Å². The van der Waals surface area contributed by atoms with E-state index in [9.17, 15) is 8.42 Å². The number of rotatable bonds is 7. The van der Waals surface area contributed by atoms with Crippen LogP contribution in [0.25, 0.3) is 10.6 Å². The van der Waals surface area contributed by atoms with E-state index >= 15 is 0 Å². The van der Waals surface area contributed by atoms with E-state index in [1.54, 1.807) is 12.4 Å². The Bertz CT molecular complexity index is 1000. The van der Waals surface area contributed by atoms with Crippen LogP contribution in [0, 0.1) is 6.92 Å². The van der Waals surface area contributed by atoms with E-state index in [2.05, 4.69) is 25.0 Å². The molecule has 0 amide bonds. The molecule has 3 heterocycles. The summed E-state index contributed by atoms with van der Waals surface area (Å²) in [5, 5.41) is 4.06. The molecule has 3 aromatic heterocycles. The Morgan fingerprint density at radius 2 is 2.00 bits per heavy atom. The zero-order valence-electron chi connectivity index (χ0n) is 14.4. The summed E-state index contributed by atoms with van der Waals surface area (Å²) in [4.78, 5) is 14.2. The van der Waals surface area contributed by atoms with Crippen molar-refractivity contribution in [3.8, 4) is 10.6 Å². The van der Waals surface area contributed by atoms with Gasteiger partial charge in [-0.15, -0.1) is 11.3 Å². The minimum absolute atomic E-state index is 0.333. The predicted octanol–water partition coefficient (Wildman–Crippen LogP) is 2.74. The number of aryl methyl sites for hydroxylation is 1. The number of nitrogens with zero attached hydrogens (tertiary/aromatic N) is 3. The number of thiazole rings is 1. The molecule has 0 aromatic carbocycles. The molecular weight excluding hydrogens is 370 g/mol. The normalized spacial score (nSPS) is 11.5. The summed E-state index contributed by atoms with van der Waals surface area (Å²) < 4.78 is 24.7. The average Bonchev–Trinajstić information content (AvgIpc) is 3.03. The third-order valence-corrected chi connectivity index (χ3v) is 5.24. The summed E-state index contributed by atoms with van der Waals surface area (Å²) in [6.07, 6.45) is 5.20. The molecule has 0 radical (unpaired) electrons. The molecule has 0 bridgehead atoms. The summed E-state index contributed by atoms with van der Waals surface area (Å²) >= 11 is 1.50. The smallest absolute Gasteiger partial charge is 0.208 e. The van der Waals surface area contributed by atoms with Crippen LogP contribution >= 0.6 is 11.3 Å². The highest BCUT2D eigenvalue weighted by atomic mass is 32.2. The lowest BCUT2D eigenvalue weighted by molar-refractivity contribution is 0.588. The monoisotopic (exact) mass is 389 g/mol. The maximum atomic E-state index is 11.1. The maximum absolute atomic E-state index is 11.1. The number of pyridine rings is 2. The van der Waals surface area contributed by atoms with Crippen LogP contribution in [0.5, 0.6) is 0 Å². The van der Waals surface area contributed by atoms with Crippen molar-refractivity contribution in [2.75, 3.05) is 18.1 Å². The van der Waals surface area contributed by atoms with Gasteiger partial charge in [-0.3, -0.25) is 0 Å². The van der Waals surface area contributed by atoms with E-state index < -0.39 is 10.0 Å². The first kappa shape index (κ1) is 18.4. The summed E-state index contributed by atoms with van der Waals surface area (Å²) in [5.74, 6) is 1.45. The third-order valence-electron chi connectivity index (χ3n) is 3.43. The molecule has 0 fully saturated rings. The lowest BCUT2D eigenvalue weighted by Gasteiger charge is -2.06. The van der Waals surface area contributed by atoms with Crippen molar-refractivity contribution >= 4 is 33.0 Å². The molecule has 136 valence electrons. The van der Waals surface area contributed by atoms with Gasteiger partial charge in [0.2, 0.25) is 10.0 Å². The van der Waals surface area contributed by atoms with Crippen LogP contribution in [0.1, 0.15) is 10.6 Å². The van der Waals surface area contributed by atoms with E-state index in [0.717, 1.165) is 33.2 Å². The fourth-order valence-electron chi connectivity index (χ4n) is 2.26. The molecule has 0 spiro atoms. The minimum atomic E-state index is -3.18. The number of sulfonamides is 1. The maximum Gasteiger partial charge on any atom is 0.208 e. The first-order valence-corrected chi connectivity index (χ1v) is 10.7. The molecule has 7 nitrogen and oxygen atoms in total. The minimum Gasteiger partial charge on any atom is -0.325 e. The van der Waals surface area contributed by atoms with Gasteiger partial charge in [0.1, 0.15) is 11.6 Å². The number of nitrogens with one attached hydrogen (secondary N) is 2. The molecule has 0 saturated heterocycles. The second kappa shape index (κ2) is 7.90. The van der Waals surface area contributed by atoms with E-state index in [4.69, 9.17) is 0 Å². The van der Waals surface area contributed by atoms with E-state index in [0.29, 0.717) is 18.8 Å². The Kier molecular flexibility index (Phi) is 5.60. The van der Waals surface area contributed by atoms with Gasteiger partial charge in [-0.05, 0) is 36.8 Å². The zero-order chi connectivity index (χ0) is 18.6. The highest BCUT2D eigenvalue weighted by Gasteiger charge is 2.08. The fourth-order valence-corrected chi connectivity index (χ4v) is 3.62. The third kappa shape index (κ3) is 5.32. The van der Waals surface area contributed by atoms with Crippen LogP contribution in [-0.4, -0.2) is 36.2 Å². The molecule has 3 rings (SSSR count). The molecule has 2 N–H and O–H groups in total. The van der Waals surface area contributed by atoms with Crippen molar-refractivity contribution in [1.29, 1.82) is 0 Å². The molecule has 0 aliphatic rings. The Balaban J connectivity index is 1.70. The fraction of sp³-hybridized carbons (Fsp3) is 0.235. The zero-order valence-corrected chi connectivity index (χ0v) is 16.1. The molecule has 0 unspecified atom stereocenters. The van der Waals surface area contributed by atoms with Gasteiger partial charge in [0.25, 0.3) is 0 Å². The van der Waals surface area contributed by atoms with Gasteiger partial charge in [-0.1, -0.05) is 6.07 Å². The standard InChI is InChI=1S/C17H19N5O2S2/c1-12-6-8-18-16(10-12)22-15-5-3-4-13(21-15)14-11-19-17(25-14)7-9-20-26(2,23)24/h3-6,8,10-11,20H,7,9H2,1-2H3,(H,18,21,22). The van der Waals surface area contributed by atoms with E-state index in [1.165, 1.54) is 11.3 Å². The Morgan fingerprint density at radius 1 is 1.15 bits per heavy atom. The Labute approximate surface area is 156 Å². The predicted molar refractivity (Wildman–Crippen MR) is 104 cm³/mol. The Hall–Kier alpha value is -2.36. The summed E-state index contributed by atoms with van der Waals surface area (Å²) in [6.45, 7) is 2.34. The quantitative estimate of drug-likeness (QED) is 0.645. The van der Waals surface area contributed by atoms with Crippen LogP contribution in [0.15, 0.2) is 42.7 Å². The second-order valence-corrected chi connectivity index (χ2v) is 8.73. The van der Waals surface area contributed by atoms with Crippen LogP contribution < -0.4 is 10.0 Å².